The Kier molecular flexibility index (Phi) is 4.58. The van der Waals surface area contributed by atoms with Crippen LogP contribution in [0.5, 0.6) is 5.75 Å². The Balaban J connectivity index is 2.90. The lowest BCUT2D eigenvalue weighted by molar-refractivity contribution is 0.319. The number of halogens is 1. The van der Waals surface area contributed by atoms with E-state index in [1.54, 1.807) is 18.2 Å². The van der Waals surface area contributed by atoms with E-state index in [0.29, 0.717) is 16.3 Å². The van der Waals surface area contributed by atoms with Gasteiger partial charge in [0.2, 0.25) is 0 Å². The molecule has 0 heterocycles. The topological polar surface area (TPSA) is 63.6 Å². The molecule has 0 unspecified atom stereocenters. The second-order valence-corrected chi connectivity index (χ2v) is 5.88. The Morgan fingerprint density at radius 3 is 2.69 bits per heavy atom. The maximum Gasteiger partial charge on any atom is 0.156 e. The second-order valence-electron chi connectivity index (χ2n) is 3.28. The number of benzene rings is 1. The van der Waals surface area contributed by atoms with Crippen LogP contribution in [-0.4, -0.2) is 33.0 Å². The second kappa shape index (κ2) is 5.52. The van der Waals surface area contributed by atoms with Crippen LogP contribution >= 0.6 is 11.6 Å². The zero-order valence-corrected chi connectivity index (χ0v) is 10.4. The van der Waals surface area contributed by atoms with Gasteiger partial charge in [0.25, 0.3) is 0 Å². The minimum absolute atomic E-state index is 0.124. The van der Waals surface area contributed by atoms with Crippen LogP contribution in [-0.2, 0) is 15.6 Å². The summed E-state index contributed by atoms with van der Waals surface area (Å²) < 4.78 is 27.9. The first-order valence-corrected chi connectivity index (χ1v) is 6.82. The molecule has 1 rings (SSSR count). The highest BCUT2D eigenvalue weighted by atomic mass is 35.5. The number of aliphatic hydroxyl groups excluding tert-OH is 1. The van der Waals surface area contributed by atoms with Crippen LogP contribution in [0, 0.1) is 0 Å². The van der Waals surface area contributed by atoms with E-state index in [-0.39, 0.29) is 18.1 Å². The molecule has 4 nitrogen and oxygen atoms in total. The minimum atomic E-state index is -3.27. The molecule has 0 aliphatic carbocycles. The lowest BCUT2D eigenvalue weighted by Gasteiger charge is -2.06. The molecule has 0 spiro atoms. The average Bonchev–Trinajstić information content (AvgIpc) is 2.20. The van der Waals surface area contributed by atoms with Crippen LogP contribution in [0.25, 0.3) is 0 Å². The van der Waals surface area contributed by atoms with Crippen molar-refractivity contribution in [1.29, 1.82) is 0 Å². The predicted molar refractivity (Wildman–Crippen MR) is 62.6 cm³/mol. The Morgan fingerprint density at radius 2 is 2.12 bits per heavy atom. The molecule has 1 aromatic carbocycles. The first kappa shape index (κ1) is 13.3. The van der Waals surface area contributed by atoms with Crippen LogP contribution in [0.4, 0.5) is 0 Å². The molecule has 0 radical (unpaired) electrons. The highest BCUT2D eigenvalue weighted by molar-refractivity contribution is 7.90. The lowest BCUT2D eigenvalue weighted by Crippen LogP contribution is -2.12. The van der Waals surface area contributed by atoms with E-state index in [1.165, 1.54) is 7.11 Å². The van der Waals surface area contributed by atoms with E-state index in [0.717, 1.165) is 0 Å². The van der Waals surface area contributed by atoms with Crippen LogP contribution in [0.15, 0.2) is 18.2 Å². The van der Waals surface area contributed by atoms with Gasteiger partial charge < -0.3 is 9.84 Å². The van der Waals surface area contributed by atoms with Crippen molar-refractivity contribution in [1.82, 2.24) is 0 Å². The smallest absolute Gasteiger partial charge is 0.156 e. The fraction of sp³-hybridized carbons (Fsp3) is 0.400. The Labute approximate surface area is 99.7 Å². The van der Waals surface area contributed by atoms with E-state index in [9.17, 15) is 8.42 Å². The van der Waals surface area contributed by atoms with Gasteiger partial charge in [0.15, 0.2) is 9.84 Å². The number of sulfone groups is 1. The minimum Gasteiger partial charge on any atom is -0.495 e. The monoisotopic (exact) mass is 264 g/mol. The lowest BCUT2D eigenvalue weighted by atomic mass is 10.2. The average molecular weight is 265 g/mol. The van der Waals surface area contributed by atoms with Gasteiger partial charge in [-0.25, -0.2) is 8.42 Å². The fourth-order valence-corrected chi connectivity index (χ4v) is 2.56. The summed E-state index contributed by atoms with van der Waals surface area (Å²) in [4.78, 5) is 0. The first-order chi connectivity index (χ1) is 7.48. The molecule has 0 bridgehead atoms. The molecule has 0 aliphatic rings. The quantitative estimate of drug-likeness (QED) is 0.870. The number of aliphatic hydroxyl groups is 1. The molecule has 0 atom stereocenters. The summed E-state index contributed by atoms with van der Waals surface area (Å²) in [5, 5.41) is 9.04. The summed E-state index contributed by atoms with van der Waals surface area (Å²) in [5.74, 6) is 0.0809. The third-order valence-electron chi connectivity index (χ3n) is 2.00. The summed E-state index contributed by atoms with van der Waals surface area (Å²) in [5.41, 5.74) is 0.592. The van der Waals surface area contributed by atoms with E-state index < -0.39 is 9.84 Å². The predicted octanol–water partition coefficient (Wildman–Crippen LogP) is 1.26. The Bertz CT molecular complexity index is 456. The SMILES string of the molecule is COc1cc(CS(=O)(=O)CCO)ccc1Cl. The van der Waals surface area contributed by atoms with E-state index in [1.807, 2.05) is 0 Å². The standard InChI is InChI=1S/C10H13ClO4S/c1-15-10-6-8(2-3-9(10)11)7-16(13,14)5-4-12/h2-3,6,12H,4-5,7H2,1H3. The van der Waals surface area contributed by atoms with Gasteiger partial charge in [-0.2, -0.15) is 0 Å². The number of rotatable bonds is 5. The van der Waals surface area contributed by atoms with Crippen molar-refractivity contribution in [3.05, 3.63) is 28.8 Å². The van der Waals surface area contributed by atoms with Gasteiger partial charge in [0, 0.05) is 0 Å². The number of hydrogen-bond acceptors (Lipinski definition) is 4. The van der Waals surface area contributed by atoms with E-state index in [4.69, 9.17) is 21.4 Å². The number of ether oxygens (including phenoxy) is 1. The molecule has 0 saturated carbocycles. The van der Waals surface area contributed by atoms with E-state index >= 15 is 0 Å². The highest BCUT2D eigenvalue weighted by Crippen LogP contribution is 2.25. The summed E-state index contributed by atoms with van der Waals surface area (Å²) in [6, 6.07) is 4.79. The van der Waals surface area contributed by atoms with Crippen LogP contribution < -0.4 is 4.74 Å². The van der Waals surface area contributed by atoms with Gasteiger partial charge >= 0.3 is 0 Å². The van der Waals surface area contributed by atoms with Gasteiger partial charge in [-0.1, -0.05) is 17.7 Å². The normalized spacial score (nSPS) is 11.4. The molecule has 0 saturated heterocycles. The van der Waals surface area contributed by atoms with Crippen LogP contribution in [0.1, 0.15) is 5.56 Å². The van der Waals surface area contributed by atoms with Gasteiger partial charge in [0.05, 0.1) is 30.2 Å². The van der Waals surface area contributed by atoms with Crippen molar-refractivity contribution in [3.63, 3.8) is 0 Å². The Morgan fingerprint density at radius 1 is 1.44 bits per heavy atom. The van der Waals surface area contributed by atoms with Crippen LogP contribution in [0.3, 0.4) is 0 Å². The van der Waals surface area contributed by atoms with Crippen LogP contribution in [0.2, 0.25) is 5.02 Å². The molecule has 1 N–H and O–H groups in total. The molecular formula is C10H13ClO4S. The molecule has 1 aromatic rings. The van der Waals surface area contributed by atoms with Gasteiger partial charge in [-0.3, -0.25) is 0 Å². The van der Waals surface area contributed by atoms with Crippen molar-refractivity contribution in [2.45, 2.75) is 5.75 Å². The largest absolute Gasteiger partial charge is 0.495 e. The zero-order valence-electron chi connectivity index (χ0n) is 8.81. The maximum atomic E-state index is 11.5. The third-order valence-corrected chi connectivity index (χ3v) is 3.89. The molecule has 0 amide bonds. The van der Waals surface area contributed by atoms with Gasteiger partial charge in [0.1, 0.15) is 5.75 Å². The molecule has 0 aliphatic heterocycles. The molecule has 16 heavy (non-hydrogen) atoms. The third kappa shape index (κ3) is 3.66. The number of methoxy groups -OCH3 is 1. The summed E-state index contributed by atoms with van der Waals surface area (Å²) in [6.45, 7) is -0.368. The molecule has 90 valence electrons. The molecule has 0 fully saturated rings. The molecule has 6 heteroatoms. The summed E-state index contributed by atoms with van der Waals surface area (Å²) in [7, 11) is -1.81. The zero-order chi connectivity index (χ0) is 12.2. The van der Waals surface area contributed by atoms with Gasteiger partial charge in [-0.15, -0.1) is 0 Å². The van der Waals surface area contributed by atoms with Crippen molar-refractivity contribution in [2.24, 2.45) is 0 Å². The molecular weight excluding hydrogens is 252 g/mol. The van der Waals surface area contributed by atoms with Crippen molar-refractivity contribution < 1.29 is 18.3 Å². The summed E-state index contributed by atoms with van der Waals surface area (Å²) in [6.07, 6.45) is 0. The van der Waals surface area contributed by atoms with E-state index in [2.05, 4.69) is 0 Å². The maximum absolute atomic E-state index is 11.5. The van der Waals surface area contributed by atoms with Gasteiger partial charge in [-0.05, 0) is 17.7 Å². The summed E-state index contributed by atoms with van der Waals surface area (Å²) >= 11 is 5.81. The fourth-order valence-electron chi connectivity index (χ4n) is 1.26. The van der Waals surface area contributed by atoms with Crippen molar-refractivity contribution >= 4 is 21.4 Å². The first-order valence-electron chi connectivity index (χ1n) is 4.62. The van der Waals surface area contributed by atoms with Crippen molar-refractivity contribution in [2.75, 3.05) is 19.5 Å². The Hall–Kier alpha value is -0.780. The highest BCUT2D eigenvalue weighted by Gasteiger charge is 2.12. The molecule has 0 aromatic heterocycles. The number of hydrogen-bond donors (Lipinski definition) is 1. The van der Waals surface area contributed by atoms with Crippen molar-refractivity contribution in [3.8, 4) is 5.75 Å².